The molecule has 0 saturated carbocycles. The zero-order chi connectivity index (χ0) is 12.7. The minimum atomic E-state index is -0.382. The maximum absolute atomic E-state index is 11.5. The number of hydrogen-bond acceptors (Lipinski definition) is 6. The number of ether oxygens (including phenoxy) is 1. The van der Waals surface area contributed by atoms with Crippen LogP contribution in [0.4, 0.5) is 5.82 Å². The van der Waals surface area contributed by atoms with Crippen molar-refractivity contribution in [2.24, 2.45) is 5.92 Å². The molecule has 96 valence electrons. The molecule has 1 amide bonds. The zero-order valence-electron chi connectivity index (χ0n) is 10.1. The predicted molar refractivity (Wildman–Crippen MR) is 61.3 cm³/mol. The summed E-state index contributed by atoms with van der Waals surface area (Å²) in [5, 5.41) is 9.37. The van der Waals surface area contributed by atoms with Gasteiger partial charge in [-0.15, -0.1) is 0 Å². The van der Waals surface area contributed by atoms with Gasteiger partial charge < -0.3 is 15.8 Å². The first-order valence-corrected chi connectivity index (χ1v) is 5.55. The van der Waals surface area contributed by atoms with E-state index in [-0.39, 0.29) is 17.4 Å². The van der Waals surface area contributed by atoms with E-state index in [9.17, 15) is 4.79 Å². The number of nitrogens with zero attached hydrogens (tertiary/aromatic N) is 2. The van der Waals surface area contributed by atoms with Crippen molar-refractivity contribution in [1.82, 2.24) is 15.6 Å². The van der Waals surface area contributed by atoms with Crippen LogP contribution >= 0.6 is 0 Å². The van der Waals surface area contributed by atoms with Gasteiger partial charge in [-0.3, -0.25) is 4.79 Å². The molecule has 0 bridgehead atoms. The Hall–Kier alpha value is -1.63. The summed E-state index contributed by atoms with van der Waals surface area (Å²) in [5.41, 5.74) is 5.40. The number of hydrogen-bond donors (Lipinski definition) is 2. The number of nitrogen functional groups attached to an aromatic ring is 1. The SMILES string of the molecule is CC(C)COCCCNC(=O)c1nonc1N. The second-order valence-corrected chi connectivity index (χ2v) is 4.08. The largest absolute Gasteiger partial charge is 0.381 e. The van der Waals surface area contributed by atoms with E-state index in [0.717, 1.165) is 13.0 Å². The van der Waals surface area contributed by atoms with Crippen molar-refractivity contribution in [1.29, 1.82) is 0 Å². The van der Waals surface area contributed by atoms with Crippen LogP contribution in [0.2, 0.25) is 0 Å². The Kier molecular flexibility index (Phi) is 5.41. The first-order chi connectivity index (χ1) is 8.11. The average molecular weight is 242 g/mol. The molecule has 17 heavy (non-hydrogen) atoms. The lowest BCUT2D eigenvalue weighted by molar-refractivity contribution is 0.0917. The summed E-state index contributed by atoms with van der Waals surface area (Å²) in [6.45, 7) is 6.02. The van der Waals surface area contributed by atoms with Crippen LogP contribution in [-0.4, -0.2) is 36.0 Å². The average Bonchev–Trinajstić information content (AvgIpc) is 2.69. The lowest BCUT2D eigenvalue weighted by Crippen LogP contribution is -2.26. The van der Waals surface area contributed by atoms with Crippen molar-refractivity contribution in [3.05, 3.63) is 5.69 Å². The summed E-state index contributed by atoms with van der Waals surface area (Å²) in [6.07, 6.45) is 0.740. The molecular formula is C10H18N4O3. The third-order valence-electron chi connectivity index (χ3n) is 1.93. The van der Waals surface area contributed by atoms with Gasteiger partial charge in [0.1, 0.15) is 0 Å². The monoisotopic (exact) mass is 242 g/mol. The molecule has 0 atom stereocenters. The van der Waals surface area contributed by atoms with Crippen molar-refractivity contribution in [2.45, 2.75) is 20.3 Å². The Morgan fingerprint density at radius 3 is 2.88 bits per heavy atom. The van der Waals surface area contributed by atoms with Crippen molar-refractivity contribution in [3.8, 4) is 0 Å². The molecule has 0 aromatic carbocycles. The Balaban J connectivity index is 2.11. The number of carbonyl (C=O) groups is 1. The Bertz CT molecular complexity index is 351. The van der Waals surface area contributed by atoms with E-state index < -0.39 is 0 Å². The highest BCUT2D eigenvalue weighted by molar-refractivity contribution is 5.95. The molecule has 0 aliphatic rings. The topological polar surface area (TPSA) is 103 Å². The molecule has 1 aromatic heterocycles. The first kappa shape index (κ1) is 13.4. The van der Waals surface area contributed by atoms with Crippen LogP contribution in [0.5, 0.6) is 0 Å². The highest BCUT2D eigenvalue weighted by atomic mass is 16.6. The fourth-order valence-corrected chi connectivity index (χ4v) is 1.13. The second kappa shape index (κ2) is 6.85. The molecular weight excluding hydrogens is 224 g/mol. The fraction of sp³-hybridized carbons (Fsp3) is 0.700. The fourth-order valence-electron chi connectivity index (χ4n) is 1.13. The van der Waals surface area contributed by atoms with Gasteiger partial charge in [0.15, 0.2) is 0 Å². The molecule has 3 N–H and O–H groups in total. The van der Waals surface area contributed by atoms with E-state index in [4.69, 9.17) is 10.5 Å². The number of anilines is 1. The highest BCUT2D eigenvalue weighted by Gasteiger charge is 2.14. The number of amides is 1. The van der Waals surface area contributed by atoms with Gasteiger partial charge in [-0.25, -0.2) is 4.63 Å². The zero-order valence-corrected chi connectivity index (χ0v) is 10.1. The minimum Gasteiger partial charge on any atom is -0.381 e. The number of carbonyl (C=O) groups excluding carboxylic acids is 1. The third-order valence-corrected chi connectivity index (χ3v) is 1.93. The molecule has 1 aromatic rings. The molecule has 0 saturated heterocycles. The molecule has 0 unspecified atom stereocenters. The molecule has 0 radical (unpaired) electrons. The lowest BCUT2D eigenvalue weighted by Gasteiger charge is -2.06. The van der Waals surface area contributed by atoms with Crippen LogP contribution in [0.25, 0.3) is 0 Å². The third kappa shape index (κ3) is 4.81. The summed E-state index contributed by atoms with van der Waals surface area (Å²) >= 11 is 0. The molecule has 0 spiro atoms. The van der Waals surface area contributed by atoms with Gasteiger partial charge in [0, 0.05) is 19.8 Å². The number of nitrogens with one attached hydrogen (secondary N) is 1. The van der Waals surface area contributed by atoms with E-state index >= 15 is 0 Å². The molecule has 1 rings (SSSR count). The van der Waals surface area contributed by atoms with E-state index in [1.165, 1.54) is 0 Å². The van der Waals surface area contributed by atoms with Gasteiger partial charge >= 0.3 is 0 Å². The number of nitrogens with two attached hydrogens (primary N) is 1. The Morgan fingerprint density at radius 1 is 1.53 bits per heavy atom. The Morgan fingerprint density at radius 2 is 2.29 bits per heavy atom. The predicted octanol–water partition coefficient (Wildman–Crippen LogP) is 0.444. The van der Waals surface area contributed by atoms with E-state index in [1.54, 1.807) is 0 Å². The van der Waals surface area contributed by atoms with Crippen LogP contribution in [-0.2, 0) is 4.74 Å². The summed E-state index contributed by atoms with van der Waals surface area (Å²) in [7, 11) is 0. The van der Waals surface area contributed by atoms with Gasteiger partial charge in [-0.2, -0.15) is 0 Å². The summed E-state index contributed by atoms with van der Waals surface area (Å²) < 4.78 is 9.70. The summed E-state index contributed by atoms with van der Waals surface area (Å²) in [4.78, 5) is 11.5. The van der Waals surface area contributed by atoms with Crippen molar-refractivity contribution >= 4 is 11.7 Å². The quantitative estimate of drug-likeness (QED) is 0.672. The Labute approximate surface area is 99.7 Å². The number of aromatic nitrogens is 2. The molecule has 7 nitrogen and oxygen atoms in total. The van der Waals surface area contributed by atoms with Crippen molar-refractivity contribution in [3.63, 3.8) is 0 Å². The van der Waals surface area contributed by atoms with Crippen LogP contribution < -0.4 is 11.1 Å². The molecule has 7 heteroatoms. The van der Waals surface area contributed by atoms with Crippen LogP contribution in [0.3, 0.4) is 0 Å². The van der Waals surface area contributed by atoms with Crippen LogP contribution in [0, 0.1) is 5.92 Å². The van der Waals surface area contributed by atoms with E-state index in [2.05, 4.69) is 34.1 Å². The normalized spacial score (nSPS) is 10.8. The highest BCUT2D eigenvalue weighted by Crippen LogP contribution is 2.02. The maximum Gasteiger partial charge on any atom is 0.277 e. The molecule has 0 fully saturated rings. The van der Waals surface area contributed by atoms with E-state index in [1.807, 2.05) is 0 Å². The van der Waals surface area contributed by atoms with Crippen molar-refractivity contribution < 1.29 is 14.2 Å². The molecule has 0 aliphatic heterocycles. The van der Waals surface area contributed by atoms with Crippen molar-refractivity contribution in [2.75, 3.05) is 25.5 Å². The van der Waals surface area contributed by atoms with E-state index in [0.29, 0.717) is 19.1 Å². The first-order valence-electron chi connectivity index (χ1n) is 5.55. The smallest absolute Gasteiger partial charge is 0.277 e. The number of rotatable bonds is 7. The molecule has 0 aliphatic carbocycles. The summed E-state index contributed by atoms with van der Waals surface area (Å²) in [5.74, 6) is 0.136. The standard InChI is InChI=1S/C10H18N4O3/c1-7(2)6-16-5-3-4-12-10(15)8-9(11)14-17-13-8/h7H,3-6H2,1-2H3,(H2,11,14)(H,12,15). The lowest BCUT2D eigenvalue weighted by atomic mass is 10.2. The maximum atomic E-state index is 11.5. The minimum absolute atomic E-state index is 0.00134. The van der Waals surface area contributed by atoms with Gasteiger partial charge in [0.05, 0.1) is 0 Å². The van der Waals surface area contributed by atoms with Gasteiger partial charge in [-0.05, 0) is 22.7 Å². The van der Waals surface area contributed by atoms with Gasteiger partial charge in [0.2, 0.25) is 11.5 Å². The summed E-state index contributed by atoms with van der Waals surface area (Å²) in [6, 6.07) is 0. The second-order valence-electron chi connectivity index (χ2n) is 4.08. The van der Waals surface area contributed by atoms with Crippen LogP contribution in [0.15, 0.2) is 4.63 Å². The molecule has 1 heterocycles. The van der Waals surface area contributed by atoms with Gasteiger partial charge in [-0.1, -0.05) is 13.8 Å². The van der Waals surface area contributed by atoms with Crippen LogP contribution in [0.1, 0.15) is 30.8 Å². The van der Waals surface area contributed by atoms with Gasteiger partial charge in [0.25, 0.3) is 5.91 Å².